The largest absolute Gasteiger partial charge is 0.506 e. The minimum atomic E-state index is -1.28. The van der Waals surface area contributed by atoms with Gasteiger partial charge in [0.2, 0.25) is 5.88 Å². The Morgan fingerprint density at radius 1 is 0.907 bits per heavy atom. The summed E-state index contributed by atoms with van der Waals surface area (Å²) in [6.45, 7) is 14.9. The molecule has 13 heteroatoms. The molecule has 5 aromatic rings. The number of ether oxygens (including phenoxy) is 3. The minimum Gasteiger partial charge on any atom is -0.506 e. The van der Waals surface area contributed by atoms with E-state index in [4.69, 9.17) is 24.9 Å². The van der Waals surface area contributed by atoms with Crippen LogP contribution in [0.1, 0.15) is 0 Å². The number of phenols is 1. The molecule has 0 radical (unpaired) electrons. The quantitative estimate of drug-likeness (QED) is 0.0682. The molecule has 3 N–H and O–H groups in total. The number of benzene rings is 2. The molecule has 0 spiro atoms. The number of aromatic hydroxyl groups is 1. The number of hydrogen-bond acceptors (Lipinski definition) is 9. The van der Waals surface area contributed by atoms with E-state index >= 15 is 4.39 Å². The normalized spacial score (nSPS) is 12.5. The average molecular weight is 623 g/mol. The van der Waals surface area contributed by atoms with Gasteiger partial charge in [-0.1, -0.05) is 45.3 Å². The Morgan fingerprint density at radius 3 is 2.28 bits per heavy atom. The molecule has 5 rings (SSSR count). The van der Waals surface area contributed by atoms with E-state index in [9.17, 15) is 5.11 Å². The summed E-state index contributed by atoms with van der Waals surface area (Å²) in [7, 11) is -2.56. The van der Waals surface area contributed by atoms with Crippen LogP contribution in [0.5, 0.6) is 11.6 Å². The smallest absolute Gasteiger partial charge is 0.240 e. The maximum atomic E-state index is 15.3. The van der Waals surface area contributed by atoms with Crippen molar-refractivity contribution in [1.29, 1.82) is 0 Å². The molecule has 10 nitrogen and oxygen atoms in total. The molecule has 0 unspecified atom stereocenters. The van der Waals surface area contributed by atoms with Crippen molar-refractivity contribution in [2.24, 2.45) is 0 Å². The first kappa shape index (κ1) is 30.8. The van der Waals surface area contributed by atoms with E-state index in [0.717, 1.165) is 12.1 Å². The topological polar surface area (TPSA) is 130 Å². The van der Waals surface area contributed by atoms with E-state index in [-0.39, 0.29) is 36.4 Å². The Labute approximate surface area is 252 Å². The number of rotatable bonds is 12. The van der Waals surface area contributed by atoms with Crippen LogP contribution in [0.4, 0.5) is 10.1 Å². The molecule has 0 saturated carbocycles. The summed E-state index contributed by atoms with van der Waals surface area (Å²) in [5.74, 6) is -0.368. The van der Waals surface area contributed by atoms with Crippen molar-refractivity contribution in [3.8, 4) is 22.8 Å². The van der Waals surface area contributed by atoms with Crippen LogP contribution >= 0.6 is 0 Å². The summed E-state index contributed by atoms with van der Waals surface area (Å²) >= 11 is 0. The van der Waals surface area contributed by atoms with Gasteiger partial charge < -0.3 is 25.1 Å². The van der Waals surface area contributed by atoms with Gasteiger partial charge in [-0.2, -0.15) is 5.10 Å². The third-order valence-corrected chi connectivity index (χ3v) is 10.6. The van der Waals surface area contributed by atoms with Crippen LogP contribution in [-0.2, 0) is 16.2 Å². The van der Waals surface area contributed by atoms with Gasteiger partial charge in [-0.25, -0.2) is 19.0 Å². The van der Waals surface area contributed by atoms with Crippen LogP contribution in [0.15, 0.2) is 36.8 Å². The first-order chi connectivity index (χ1) is 20.3. The van der Waals surface area contributed by atoms with Crippen LogP contribution in [0.2, 0.25) is 51.4 Å². The molecular formula is C30H39FN6O4Si2. The number of aromatic nitrogens is 5. The van der Waals surface area contributed by atoms with Crippen molar-refractivity contribution in [3.05, 3.63) is 42.6 Å². The highest BCUT2D eigenvalue weighted by atomic mass is 28.3. The van der Waals surface area contributed by atoms with Crippen LogP contribution in [0.25, 0.3) is 44.0 Å². The fourth-order valence-corrected chi connectivity index (χ4v) is 6.27. The molecule has 3 heterocycles. The second kappa shape index (κ2) is 12.1. The Kier molecular flexibility index (Phi) is 8.70. The summed E-state index contributed by atoms with van der Waals surface area (Å²) in [5, 5.41) is 16.4. The lowest BCUT2D eigenvalue weighted by atomic mass is 9.95. The monoisotopic (exact) mass is 622 g/mol. The molecule has 228 valence electrons. The molecule has 0 aliphatic rings. The van der Waals surface area contributed by atoms with Crippen LogP contribution in [-0.4, -0.2) is 66.0 Å². The number of phenolic OH excluding ortho intramolecular Hbond substituents is 1. The average Bonchev–Trinajstić information content (AvgIpc) is 3.36. The number of halogens is 1. The van der Waals surface area contributed by atoms with Gasteiger partial charge in [-0.15, -0.1) is 0 Å². The van der Waals surface area contributed by atoms with Gasteiger partial charge in [-0.3, -0.25) is 4.98 Å². The van der Waals surface area contributed by atoms with Crippen molar-refractivity contribution in [1.82, 2.24) is 24.7 Å². The number of pyridine rings is 1. The minimum absolute atomic E-state index is 0.0418. The van der Waals surface area contributed by atoms with Crippen molar-refractivity contribution in [2.45, 2.75) is 58.1 Å². The lowest BCUT2D eigenvalue weighted by Crippen LogP contribution is -2.22. The Hall–Kier alpha value is -3.66. The van der Waals surface area contributed by atoms with Gasteiger partial charge >= 0.3 is 0 Å². The molecule has 0 saturated heterocycles. The van der Waals surface area contributed by atoms with E-state index in [0.29, 0.717) is 51.7 Å². The lowest BCUT2D eigenvalue weighted by molar-refractivity contribution is 0.0200. The zero-order valence-electron chi connectivity index (χ0n) is 25.6. The van der Waals surface area contributed by atoms with E-state index in [1.807, 2.05) is 0 Å². The molecule has 0 atom stereocenters. The fraction of sp³-hybridized carbons (Fsp3) is 0.400. The molecule has 3 aromatic heterocycles. The summed E-state index contributed by atoms with van der Waals surface area (Å²) in [5.41, 5.74) is 9.46. The standard InChI is InChI=1S/C30H39FN6O4Si2/c1-42(2,3)13-11-39-17-37-29-21(16-35-37)19(7-8-22(29)31)24-20-15-23(38)27-28(34-10-9-33-27)26(20)36-30(25(24)32)41-18-40-12-14-43(4,5)6/h7-10,15-16,38H,11-14,17-18,32H2,1-6H3. The molecule has 43 heavy (non-hydrogen) atoms. The maximum Gasteiger partial charge on any atom is 0.240 e. The Morgan fingerprint density at radius 2 is 1.58 bits per heavy atom. The van der Waals surface area contributed by atoms with Gasteiger partial charge in [0.15, 0.2) is 6.79 Å². The van der Waals surface area contributed by atoms with E-state index < -0.39 is 22.0 Å². The lowest BCUT2D eigenvalue weighted by Gasteiger charge is -2.18. The number of fused-ring (bicyclic) bond motifs is 4. The van der Waals surface area contributed by atoms with E-state index in [1.54, 1.807) is 18.3 Å². The Balaban J connectivity index is 1.61. The highest BCUT2D eigenvalue weighted by molar-refractivity contribution is 6.76. The second-order valence-corrected chi connectivity index (χ2v) is 24.3. The third kappa shape index (κ3) is 6.79. The highest BCUT2D eigenvalue weighted by Crippen LogP contribution is 2.44. The number of nitrogens with two attached hydrogens (primary N) is 1. The number of nitrogen functional groups attached to an aromatic ring is 1. The van der Waals surface area contributed by atoms with Crippen LogP contribution in [0, 0.1) is 5.82 Å². The highest BCUT2D eigenvalue weighted by Gasteiger charge is 2.24. The van der Waals surface area contributed by atoms with Gasteiger partial charge in [0.25, 0.3) is 0 Å². The summed E-state index contributed by atoms with van der Waals surface area (Å²) < 4.78 is 34.4. The summed E-state index contributed by atoms with van der Waals surface area (Å²) in [6, 6.07) is 6.56. The van der Waals surface area contributed by atoms with Gasteiger partial charge in [-0.05, 0) is 29.8 Å². The SMILES string of the molecule is C[Si](C)(C)CCOCOc1nc2c(cc(O)c3nccnc32)c(-c2ccc(F)c3c2cnn3COCC[Si](C)(C)C)c1N. The van der Waals surface area contributed by atoms with Crippen molar-refractivity contribution < 1.29 is 23.7 Å². The molecular weight excluding hydrogens is 584 g/mol. The zero-order valence-corrected chi connectivity index (χ0v) is 27.6. The van der Waals surface area contributed by atoms with Crippen molar-refractivity contribution in [2.75, 3.05) is 25.7 Å². The predicted octanol–water partition coefficient (Wildman–Crippen LogP) is 6.63. The number of nitrogens with zero attached hydrogens (tertiary/aromatic N) is 5. The molecule has 0 fully saturated rings. The van der Waals surface area contributed by atoms with Crippen molar-refractivity contribution in [3.63, 3.8) is 0 Å². The van der Waals surface area contributed by atoms with Crippen LogP contribution < -0.4 is 10.5 Å². The van der Waals surface area contributed by atoms with Crippen LogP contribution in [0.3, 0.4) is 0 Å². The van der Waals surface area contributed by atoms with Gasteiger partial charge in [0.1, 0.15) is 46.1 Å². The Bertz CT molecular complexity index is 1790. The molecule has 2 aromatic carbocycles. The molecule has 0 amide bonds. The molecule has 0 bridgehead atoms. The van der Waals surface area contributed by atoms with E-state index in [2.05, 4.69) is 54.3 Å². The van der Waals surface area contributed by atoms with Crippen molar-refractivity contribution >= 4 is 54.7 Å². The first-order valence-electron chi connectivity index (χ1n) is 14.3. The van der Waals surface area contributed by atoms with E-state index in [1.165, 1.54) is 23.1 Å². The third-order valence-electron chi connectivity index (χ3n) is 7.19. The first-order valence-corrected chi connectivity index (χ1v) is 21.7. The summed E-state index contributed by atoms with van der Waals surface area (Å²) in [6.07, 6.45) is 4.63. The van der Waals surface area contributed by atoms with Gasteiger partial charge in [0.05, 0.1) is 6.20 Å². The maximum absolute atomic E-state index is 15.3. The van der Waals surface area contributed by atoms with Gasteiger partial charge in [0, 0.05) is 58.1 Å². The summed E-state index contributed by atoms with van der Waals surface area (Å²) in [4.78, 5) is 13.4. The fourth-order valence-electron chi connectivity index (χ4n) is 4.76. The molecule has 0 aliphatic heterocycles. The second-order valence-electron chi connectivity index (χ2n) is 13.1. The zero-order chi connectivity index (χ0) is 30.9. The number of hydrogen-bond donors (Lipinski definition) is 2. The number of anilines is 1. The predicted molar refractivity (Wildman–Crippen MR) is 173 cm³/mol. The molecule has 0 aliphatic carbocycles.